The molecular weight excluding hydrogens is 304 g/mol. The van der Waals surface area contributed by atoms with E-state index in [0.29, 0.717) is 12.5 Å². The van der Waals surface area contributed by atoms with Crippen LogP contribution in [0.4, 0.5) is 5.69 Å². The lowest BCUT2D eigenvalue weighted by Gasteiger charge is -2.23. The molecule has 0 bridgehead atoms. The van der Waals surface area contributed by atoms with Crippen LogP contribution < -0.4 is 10.6 Å². The number of hydrogen-bond acceptors (Lipinski definition) is 2. The van der Waals surface area contributed by atoms with E-state index < -0.39 is 0 Å². The van der Waals surface area contributed by atoms with E-state index in [9.17, 15) is 4.79 Å². The van der Waals surface area contributed by atoms with Crippen molar-refractivity contribution < 1.29 is 4.79 Å². The molecule has 1 aromatic carbocycles. The minimum Gasteiger partial charge on any atom is -0.325 e. The number of amides is 1. The lowest BCUT2D eigenvalue weighted by molar-refractivity contribution is -0.116. The number of rotatable bonds is 4. The molecule has 1 heterocycles. The molecule has 2 rings (SSSR count). The summed E-state index contributed by atoms with van der Waals surface area (Å²) in [5, 5.41) is 6.45. The highest BCUT2D eigenvalue weighted by atomic mass is 79.9. The van der Waals surface area contributed by atoms with Crippen LogP contribution in [0.2, 0.25) is 0 Å². The average Bonchev–Trinajstić information content (AvgIpc) is 2.43. The first-order valence-electron chi connectivity index (χ1n) is 6.95. The SMILES string of the molecule is Cc1cccc(NC(=O)CCC2CCCCN2)c1Br. The van der Waals surface area contributed by atoms with Gasteiger partial charge in [-0.3, -0.25) is 4.79 Å². The van der Waals surface area contributed by atoms with Crippen LogP contribution in [0, 0.1) is 6.92 Å². The Morgan fingerprint density at radius 2 is 2.32 bits per heavy atom. The first-order chi connectivity index (χ1) is 9.16. The first kappa shape index (κ1) is 14.5. The Labute approximate surface area is 123 Å². The fourth-order valence-electron chi connectivity index (χ4n) is 2.43. The van der Waals surface area contributed by atoms with Gasteiger partial charge in [0, 0.05) is 16.9 Å². The molecular formula is C15H21BrN2O. The van der Waals surface area contributed by atoms with Crippen LogP contribution >= 0.6 is 15.9 Å². The molecule has 1 fully saturated rings. The van der Waals surface area contributed by atoms with Crippen molar-refractivity contribution >= 4 is 27.5 Å². The lowest BCUT2D eigenvalue weighted by atomic mass is 10.0. The molecule has 1 saturated heterocycles. The Balaban J connectivity index is 1.82. The number of benzene rings is 1. The molecule has 4 heteroatoms. The summed E-state index contributed by atoms with van der Waals surface area (Å²) in [6.07, 6.45) is 5.25. The van der Waals surface area contributed by atoms with Crippen molar-refractivity contribution in [2.24, 2.45) is 0 Å². The Morgan fingerprint density at radius 3 is 3.05 bits per heavy atom. The molecule has 3 nitrogen and oxygen atoms in total. The number of hydrogen-bond donors (Lipinski definition) is 2. The number of halogens is 1. The molecule has 0 spiro atoms. The van der Waals surface area contributed by atoms with Gasteiger partial charge in [-0.1, -0.05) is 18.6 Å². The monoisotopic (exact) mass is 324 g/mol. The molecule has 0 radical (unpaired) electrons. The molecule has 1 unspecified atom stereocenters. The van der Waals surface area contributed by atoms with E-state index in [-0.39, 0.29) is 5.91 Å². The van der Waals surface area contributed by atoms with Gasteiger partial charge >= 0.3 is 0 Å². The van der Waals surface area contributed by atoms with Crippen LogP contribution in [0.25, 0.3) is 0 Å². The zero-order chi connectivity index (χ0) is 13.7. The van der Waals surface area contributed by atoms with Gasteiger partial charge in [-0.05, 0) is 60.3 Å². The number of anilines is 1. The molecule has 0 saturated carbocycles. The van der Waals surface area contributed by atoms with Crippen molar-refractivity contribution in [2.75, 3.05) is 11.9 Å². The fraction of sp³-hybridized carbons (Fsp3) is 0.533. The van der Waals surface area contributed by atoms with Gasteiger partial charge in [0.15, 0.2) is 0 Å². The molecule has 1 aromatic rings. The van der Waals surface area contributed by atoms with E-state index >= 15 is 0 Å². The van der Waals surface area contributed by atoms with E-state index in [0.717, 1.165) is 28.7 Å². The number of nitrogens with one attached hydrogen (secondary N) is 2. The smallest absolute Gasteiger partial charge is 0.224 e. The van der Waals surface area contributed by atoms with Crippen LogP contribution in [0.3, 0.4) is 0 Å². The van der Waals surface area contributed by atoms with E-state index in [1.165, 1.54) is 19.3 Å². The lowest BCUT2D eigenvalue weighted by Crippen LogP contribution is -2.34. The third-order valence-electron chi connectivity index (χ3n) is 3.60. The highest BCUT2D eigenvalue weighted by Gasteiger charge is 2.14. The van der Waals surface area contributed by atoms with Crippen LogP contribution in [0.5, 0.6) is 0 Å². The maximum atomic E-state index is 12.0. The van der Waals surface area contributed by atoms with Crippen LogP contribution in [-0.2, 0) is 4.79 Å². The summed E-state index contributed by atoms with van der Waals surface area (Å²) in [5.41, 5.74) is 1.99. The first-order valence-corrected chi connectivity index (χ1v) is 7.74. The number of piperidine rings is 1. The topological polar surface area (TPSA) is 41.1 Å². The van der Waals surface area contributed by atoms with Crippen molar-refractivity contribution in [1.29, 1.82) is 0 Å². The van der Waals surface area contributed by atoms with Gasteiger partial charge in [0.1, 0.15) is 0 Å². The Kier molecular flexibility index (Phi) is 5.40. The third kappa shape index (κ3) is 4.32. The minimum absolute atomic E-state index is 0.0960. The van der Waals surface area contributed by atoms with Gasteiger partial charge < -0.3 is 10.6 Å². The summed E-state index contributed by atoms with van der Waals surface area (Å²) >= 11 is 3.51. The zero-order valence-corrected chi connectivity index (χ0v) is 12.9. The summed E-state index contributed by atoms with van der Waals surface area (Å²) in [5.74, 6) is 0.0960. The summed E-state index contributed by atoms with van der Waals surface area (Å²) < 4.78 is 0.971. The quantitative estimate of drug-likeness (QED) is 0.888. The second-order valence-corrected chi connectivity index (χ2v) is 5.96. The Hall–Kier alpha value is -0.870. The second kappa shape index (κ2) is 7.06. The second-order valence-electron chi connectivity index (χ2n) is 5.17. The highest BCUT2D eigenvalue weighted by Crippen LogP contribution is 2.26. The summed E-state index contributed by atoms with van der Waals surface area (Å²) in [6.45, 7) is 3.11. The van der Waals surface area contributed by atoms with Crippen molar-refractivity contribution in [3.05, 3.63) is 28.2 Å². The van der Waals surface area contributed by atoms with Gasteiger partial charge in [-0.15, -0.1) is 0 Å². The molecule has 1 aliphatic heterocycles. The van der Waals surface area contributed by atoms with Crippen molar-refractivity contribution in [3.8, 4) is 0 Å². The van der Waals surface area contributed by atoms with Crippen molar-refractivity contribution in [3.63, 3.8) is 0 Å². The largest absolute Gasteiger partial charge is 0.325 e. The van der Waals surface area contributed by atoms with Crippen LogP contribution in [0.15, 0.2) is 22.7 Å². The molecule has 104 valence electrons. The molecule has 19 heavy (non-hydrogen) atoms. The normalized spacial score (nSPS) is 19.2. The number of carbonyl (C=O) groups excluding carboxylic acids is 1. The van der Waals surface area contributed by atoms with E-state index in [4.69, 9.17) is 0 Å². The Morgan fingerprint density at radius 1 is 1.47 bits per heavy atom. The van der Waals surface area contributed by atoms with Crippen LogP contribution in [0.1, 0.15) is 37.7 Å². The third-order valence-corrected chi connectivity index (χ3v) is 4.65. The standard InChI is InChI=1S/C15H21BrN2O/c1-11-5-4-7-13(15(11)16)18-14(19)9-8-12-6-2-3-10-17-12/h4-5,7,12,17H,2-3,6,8-10H2,1H3,(H,18,19). The maximum Gasteiger partial charge on any atom is 0.224 e. The summed E-state index contributed by atoms with van der Waals surface area (Å²) in [4.78, 5) is 12.0. The van der Waals surface area contributed by atoms with E-state index in [1.54, 1.807) is 0 Å². The highest BCUT2D eigenvalue weighted by molar-refractivity contribution is 9.10. The fourth-order valence-corrected chi connectivity index (χ4v) is 2.80. The molecule has 1 aliphatic rings. The Bertz CT molecular complexity index is 442. The molecule has 1 amide bonds. The summed E-state index contributed by atoms with van der Waals surface area (Å²) in [6, 6.07) is 6.42. The predicted molar refractivity (Wildman–Crippen MR) is 82.4 cm³/mol. The van der Waals surface area contributed by atoms with Gasteiger partial charge in [0.2, 0.25) is 5.91 Å². The van der Waals surface area contributed by atoms with E-state index in [2.05, 4.69) is 26.6 Å². The van der Waals surface area contributed by atoms with Crippen LogP contribution in [-0.4, -0.2) is 18.5 Å². The van der Waals surface area contributed by atoms with Gasteiger partial charge in [-0.25, -0.2) is 0 Å². The predicted octanol–water partition coefficient (Wildman–Crippen LogP) is 3.62. The van der Waals surface area contributed by atoms with Gasteiger partial charge in [0.05, 0.1) is 5.69 Å². The molecule has 0 aromatic heterocycles. The minimum atomic E-state index is 0.0960. The molecule has 0 aliphatic carbocycles. The number of aryl methyl sites for hydroxylation is 1. The van der Waals surface area contributed by atoms with Crippen molar-refractivity contribution in [2.45, 2.75) is 45.1 Å². The summed E-state index contributed by atoms with van der Waals surface area (Å²) in [7, 11) is 0. The molecule has 1 atom stereocenters. The van der Waals surface area contributed by atoms with Gasteiger partial charge in [0.25, 0.3) is 0 Å². The van der Waals surface area contributed by atoms with Gasteiger partial charge in [-0.2, -0.15) is 0 Å². The van der Waals surface area contributed by atoms with Crippen molar-refractivity contribution in [1.82, 2.24) is 5.32 Å². The molecule has 2 N–H and O–H groups in total. The average molecular weight is 325 g/mol. The van der Waals surface area contributed by atoms with E-state index in [1.807, 2.05) is 25.1 Å². The number of carbonyl (C=O) groups is 1. The maximum absolute atomic E-state index is 12.0. The zero-order valence-electron chi connectivity index (χ0n) is 11.3.